The molecule has 0 spiro atoms. The number of nitriles is 1. The molecule has 28 heavy (non-hydrogen) atoms. The van der Waals surface area contributed by atoms with Gasteiger partial charge in [-0.05, 0) is 54.7 Å². The van der Waals surface area contributed by atoms with Gasteiger partial charge >= 0.3 is 0 Å². The Balaban J connectivity index is 1.92. The van der Waals surface area contributed by atoms with E-state index in [4.69, 9.17) is 15.0 Å². The van der Waals surface area contributed by atoms with Gasteiger partial charge in [-0.25, -0.2) is 4.98 Å². The van der Waals surface area contributed by atoms with Crippen molar-refractivity contribution < 1.29 is 4.74 Å². The molecule has 2 aromatic carbocycles. The largest absolute Gasteiger partial charge is 0.369 e. The van der Waals surface area contributed by atoms with Crippen molar-refractivity contribution in [3.05, 3.63) is 64.6 Å². The third-order valence-electron chi connectivity index (χ3n) is 5.17. The summed E-state index contributed by atoms with van der Waals surface area (Å²) in [5.74, 6) is 1.28. The maximum Gasteiger partial charge on any atom is 0.141 e. The molecule has 0 aliphatic rings. The van der Waals surface area contributed by atoms with Crippen molar-refractivity contribution in [2.45, 2.75) is 33.3 Å². The molecular weight excluding hydrogens is 348 g/mol. The van der Waals surface area contributed by atoms with Crippen molar-refractivity contribution in [3.63, 3.8) is 0 Å². The second-order valence-corrected chi connectivity index (χ2v) is 7.71. The number of aryl methyl sites for hydroxylation is 1. The summed E-state index contributed by atoms with van der Waals surface area (Å²) in [6.45, 7) is 6.60. The van der Waals surface area contributed by atoms with Crippen LogP contribution in [0.15, 0.2) is 36.5 Å². The Morgan fingerprint density at radius 2 is 2.04 bits per heavy atom. The maximum atomic E-state index is 9.16. The van der Waals surface area contributed by atoms with E-state index in [0.717, 1.165) is 34.4 Å². The zero-order chi connectivity index (χ0) is 19.8. The number of ether oxygens (including phenoxy) is 1. The molecule has 2 aromatic heterocycles. The van der Waals surface area contributed by atoms with Gasteiger partial charge in [0.15, 0.2) is 0 Å². The van der Waals surface area contributed by atoms with Crippen LogP contribution in [0.3, 0.4) is 0 Å². The molecule has 2 heterocycles. The third-order valence-corrected chi connectivity index (χ3v) is 5.17. The van der Waals surface area contributed by atoms with Crippen LogP contribution in [-0.4, -0.2) is 22.1 Å². The Morgan fingerprint density at radius 1 is 1.21 bits per heavy atom. The predicted molar refractivity (Wildman–Crippen MR) is 111 cm³/mol. The fourth-order valence-electron chi connectivity index (χ4n) is 4.01. The molecule has 4 aromatic rings. The molecule has 1 atom stereocenters. The first-order valence-electron chi connectivity index (χ1n) is 9.53. The van der Waals surface area contributed by atoms with Crippen molar-refractivity contribution in [2.24, 2.45) is 5.92 Å². The molecule has 2 N–H and O–H groups in total. The molecule has 0 aliphatic carbocycles. The topological polar surface area (TPSA) is 77.5 Å². The first-order valence-corrected chi connectivity index (χ1v) is 9.53. The molecule has 0 aliphatic heterocycles. The van der Waals surface area contributed by atoms with E-state index in [-0.39, 0.29) is 6.10 Å². The zero-order valence-electron chi connectivity index (χ0n) is 16.6. The highest BCUT2D eigenvalue weighted by Crippen LogP contribution is 2.36. The van der Waals surface area contributed by atoms with Crippen LogP contribution < -0.4 is 0 Å². The first-order chi connectivity index (χ1) is 13.5. The number of rotatable bonds is 5. The Bertz CT molecular complexity index is 1190. The van der Waals surface area contributed by atoms with E-state index in [2.05, 4.69) is 48.9 Å². The number of imidazole rings is 1. The monoisotopic (exact) mass is 372 g/mol. The Labute approximate surface area is 164 Å². The fourth-order valence-corrected chi connectivity index (χ4v) is 4.01. The molecule has 1 unspecified atom stereocenters. The quantitative estimate of drug-likeness (QED) is 0.508. The van der Waals surface area contributed by atoms with Crippen LogP contribution in [0.1, 0.15) is 48.0 Å². The summed E-state index contributed by atoms with van der Waals surface area (Å²) >= 11 is 0. The molecule has 5 nitrogen and oxygen atoms in total. The molecule has 0 saturated carbocycles. The van der Waals surface area contributed by atoms with Crippen LogP contribution in [0.2, 0.25) is 0 Å². The zero-order valence-corrected chi connectivity index (χ0v) is 16.6. The SMILES string of the molecule is COC(c1nc2cc(C#N)ccc2[nH]1)c1c(CC(C)C)cc(C)c2[nH]ccc12. The van der Waals surface area contributed by atoms with Gasteiger partial charge in [-0.2, -0.15) is 5.26 Å². The summed E-state index contributed by atoms with van der Waals surface area (Å²) in [4.78, 5) is 11.5. The number of aromatic amines is 2. The highest BCUT2D eigenvalue weighted by atomic mass is 16.5. The number of benzene rings is 2. The molecule has 0 bridgehead atoms. The van der Waals surface area contributed by atoms with Gasteiger partial charge in [0.2, 0.25) is 0 Å². The molecule has 0 amide bonds. The number of aromatic nitrogens is 3. The predicted octanol–water partition coefficient (Wildman–Crippen LogP) is 5.16. The molecule has 0 saturated heterocycles. The van der Waals surface area contributed by atoms with E-state index in [0.29, 0.717) is 11.5 Å². The lowest BCUT2D eigenvalue weighted by molar-refractivity contribution is 0.130. The standard InChI is InChI=1S/C23H24N4O/c1-13(2)9-16-10-14(3)21-17(7-8-25-21)20(16)22(28-4)23-26-18-6-5-15(12-24)11-19(18)27-23/h5-8,10-11,13,22,25H,9H2,1-4H3,(H,26,27). The van der Waals surface area contributed by atoms with Gasteiger partial charge in [0.25, 0.3) is 0 Å². The summed E-state index contributed by atoms with van der Waals surface area (Å²) in [6.07, 6.45) is 2.63. The Kier molecular flexibility index (Phi) is 4.66. The lowest BCUT2D eigenvalue weighted by atomic mass is 9.90. The number of fused-ring (bicyclic) bond motifs is 2. The van der Waals surface area contributed by atoms with Crippen molar-refractivity contribution >= 4 is 21.9 Å². The molecule has 142 valence electrons. The van der Waals surface area contributed by atoms with Crippen LogP contribution in [0.5, 0.6) is 0 Å². The molecular formula is C23H24N4O. The van der Waals surface area contributed by atoms with Gasteiger partial charge in [-0.3, -0.25) is 0 Å². The lowest BCUT2D eigenvalue weighted by Gasteiger charge is -2.21. The van der Waals surface area contributed by atoms with Gasteiger partial charge < -0.3 is 14.7 Å². The normalized spacial score (nSPS) is 12.7. The summed E-state index contributed by atoms with van der Waals surface area (Å²) in [5.41, 5.74) is 7.08. The average Bonchev–Trinajstić information content (AvgIpc) is 3.30. The minimum Gasteiger partial charge on any atom is -0.369 e. The smallest absolute Gasteiger partial charge is 0.141 e. The molecule has 4 rings (SSSR count). The highest BCUT2D eigenvalue weighted by Gasteiger charge is 2.25. The van der Waals surface area contributed by atoms with Gasteiger partial charge in [0, 0.05) is 29.8 Å². The second-order valence-electron chi connectivity index (χ2n) is 7.71. The minimum absolute atomic E-state index is 0.314. The van der Waals surface area contributed by atoms with Crippen LogP contribution in [0, 0.1) is 24.2 Å². The van der Waals surface area contributed by atoms with E-state index in [9.17, 15) is 0 Å². The molecule has 0 fully saturated rings. The minimum atomic E-state index is -0.314. The van der Waals surface area contributed by atoms with Gasteiger partial charge in [0.05, 0.1) is 22.7 Å². The number of nitrogens with one attached hydrogen (secondary N) is 2. The van der Waals surface area contributed by atoms with Crippen molar-refractivity contribution in [1.29, 1.82) is 5.26 Å². The van der Waals surface area contributed by atoms with E-state index in [1.807, 2.05) is 12.3 Å². The molecule has 0 radical (unpaired) electrons. The fraction of sp³-hybridized carbons (Fsp3) is 0.304. The maximum absolute atomic E-state index is 9.16. The van der Waals surface area contributed by atoms with Crippen LogP contribution >= 0.6 is 0 Å². The summed E-state index contributed by atoms with van der Waals surface area (Å²) in [6, 6.07) is 12.0. The van der Waals surface area contributed by atoms with Crippen LogP contribution in [0.4, 0.5) is 0 Å². The number of hydrogen-bond donors (Lipinski definition) is 2. The second kappa shape index (κ2) is 7.14. The highest BCUT2D eigenvalue weighted by molar-refractivity contribution is 5.88. The number of H-pyrrole nitrogens is 2. The first kappa shape index (κ1) is 18.3. The van der Waals surface area contributed by atoms with Crippen molar-refractivity contribution in [2.75, 3.05) is 7.11 Å². The Morgan fingerprint density at radius 3 is 2.75 bits per heavy atom. The van der Waals surface area contributed by atoms with E-state index in [1.165, 1.54) is 16.5 Å². The van der Waals surface area contributed by atoms with Gasteiger partial charge in [-0.15, -0.1) is 0 Å². The van der Waals surface area contributed by atoms with E-state index in [1.54, 1.807) is 19.2 Å². The summed E-state index contributed by atoms with van der Waals surface area (Å²) < 4.78 is 5.98. The van der Waals surface area contributed by atoms with E-state index >= 15 is 0 Å². The lowest BCUT2D eigenvalue weighted by Crippen LogP contribution is -2.11. The summed E-state index contributed by atoms with van der Waals surface area (Å²) in [7, 11) is 1.72. The summed E-state index contributed by atoms with van der Waals surface area (Å²) in [5, 5.41) is 10.3. The van der Waals surface area contributed by atoms with Gasteiger partial charge in [0.1, 0.15) is 11.9 Å². The van der Waals surface area contributed by atoms with Gasteiger partial charge in [-0.1, -0.05) is 19.9 Å². The number of hydrogen-bond acceptors (Lipinski definition) is 3. The average molecular weight is 372 g/mol. The van der Waals surface area contributed by atoms with Crippen molar-refractivity contribution in [1.82, 2.24) is 15.0 Å². The molecule has 5 heteroatoms. The Hall–Kier alpha value is -3.10. The van der Waals surface area contributed by atoms with Crippen molar-refractivity contribution in [3.8, 4) is 6.07 Å². The number of nitrogens with zero attached hydrogens (tertiary/aromatic N) is 2. The third kappa shape index (κ3) is 3.06. The van der Waals surface area contributed by atoms with Crippen LogP contribution in [-0.2, 0) is 11.2 Å². The van der Waals surface area contributed by atoms with E-state index < -0.39 is 0 Å². The number of methoxy groups -OCH3 is 1. The van der Waals surface area contributed by atoms with Crippen LogP contribution in [0.25, 0.3) is 21.9 Å².